The van der Waals surface area contributed by atoms with Gasteiger partial charge in [0.25, 0.3) is 11.6 Å². The van der Waals surface area contributed by atoms with E-state index in [0.29, 0.717) is 0 Å². The molecule has 1 rings (SSSR count). The number of benzene rings is 1. The SMILES string of the molecule is CCCCC(C)NC(=O)c1cc(Cl)c(N)c([N+](=O)[O-])c1. The summed E-state index contributed by atoms with van der Waals surface area (Å²) in [6.45, 7) is 3.96. The molecule has 3 N–H and O–H groups in total. The van der Waals surface area contributed by atoms with Gasteiger partial charge in [0, 0.05) is 17.7 Å². The third kappa shape index (κ3) is 4.09. The number of nitrogen functional groups attached to an aromatic ring is 1. The van der Waals surface area contributed by atoms with E-state index in [1.54, 1.807) is 0 Å². The van der Waals surface area contributed by atoms with Crippen molar-refractivity contribution < 1.29 is 9.72 Å². The molecule has 0 radical (unpaired) electrons. The van der Waals surface area contributed by atoms with Crippen molar-refractivity contribution in [1.82, 2.24) is 5.32 Å². The van der Waals surface area contributed by atoms with Gasteiger partial charge in [-0.3, -0.25) is 14.9 Å². The summed E-state index contributed by atoms with van der Waals surface area (Å²) in [7, 11) is 0. The monoisotopic (exact) mass is 299 g/mol. The van der Waals surface area contributed by atoms with Crippen LogP contribution in [0.1, 0.15) is 43.5 Å². The first-order valence-electron chi connectivity index (χ1n) is 6.41. The summed E-state index contributed by atoms with van der Waals surface area (Å²) in [6, 6.07) is 2.48. The number of nitro benzene ring substituents is 1. The molecule has 0 aliphatic heterocycles. The highest BCUT2D eigenvalue weighted by Gasteiger charge is 2.20. The van der Waals surface area contributed by atoms with Crippen LogP contribution in [0, 0.1) is 10.1 Å². The second-order valence-corrected chi connectivity index (χ2v) is 5.07. The third-order valence-corrected chi connectivity index (χ3v) is 3.25. The summed E-state index contributed by atoms with van der Waals surface area (Å²) in [5.41, 5.74) is 5.16. The molecule has 0 spiro atoms. The van der Waals surface area contributed by atoms with Crippen LogP contribution in [0.15, 0.2) is 12.1 Å². The van der Waals surface area contributed by atoms with E-state index in [9.17, 15) is 14.9 Å². The minimum Gasteiger partial charge on any atom is -0.392 e. The van der Waals surface area contributed by atoms with Crippen LogP contribution >= 0.6 is 11.6 Å². The zero-order valence-corrected chi connectivity index (χ0v) is 12.2. The molecule has 1 amide bonds. The lowest BCUT2D eigenvalue weighted by Gasteiger charge is -2.13. The van der Waals surface area contributed by atoms with Crippen LogP contribution in [-0.2, 0) is 0 Å². The van der Waals surface area contributed by atoms with Gasteiger partial charge in [-0.1, -0.05) is 31.4 Å². The Labute approximate surface area is 122 Å². The number of carbonyl (C=O) groups excluding carboxylic acids is 1. The molecule has 0 bridgehead atoms. The second kappa shape index (κ2) is 7.09. The summed E-state index contributed by atoms with van der Waals surface area (Å²) >= 11 is 5.82. The van der Waals surface area contributed by atoms with Crippen molar-refractivity contribution in [2.75, 3.05) is 5.73 Å². The molecule has 1 atom stereocenters. The fourth-order valence-electron chi connectivity index (χ4n) is 1.78. The maximum atomic E-state index is 12.0. The molecular formula is C13H18ClN3O3. The van der Waals surface area contributed by atoms with Crippen molar-refractivity contribution in [3.05, 3.63) is 32.8 Å². The fraction of sp³-hybridized carbons (Fsp3) is 0.462. The van der Waals surface area contributed by atoms with Gasteiger partial charge in [0.05, 0.1) is 9.95 Å². The number of nitro groups is 1. The van der Waals surface area contributed by atoms with E-state index in [1.165, 1.54) is 6.07 Å². The quantitative estimate of drug-likeness (QED) is 0.479. The van der Waals surface area contributed by atoms with E-state index in [4.69, 9.17) is 17.3 Å². The number of carbonyl (C=O) groups is 1. The van der Waals surface area contributed by atoms with Gasteiger partial charge in [0.1, 0.15) is 5.69 Å². The van der Waals surface area contributed by atoms with E-state index in [1.807, 2.05) is 6.92 Å². The van der Waals surface area contributed by atoms with E-state index < -0.39 is 10.8 Å². The van der Waals surface area contributed by atoms with Gasteiger partial charge in [-0.2, -0.15) is 0 Å². The van der Waals surface area contributed by atoms with Crippen LogP contribution in [0.3, 0.4) is 0 Å². The van der Waals surface area contributed by atoms with Crippen LogP contribution in [-0.4, -0.2) is 16.9 Å². The molecule has 6 nitrogen and oxygen atoms in total. The van der Waals surface area contributed by atoms with E-state index in [2.05, 4.69) is 12.2 Å². The number of nitrogens with two attached hydrogens (primary N) is 1. The van der Waals surface area contributed by atoms with Crippen molar-refractivity contribution >= 4 is 28.9 Å². The lowest BCUT2D eigenvalue weighted by Crippen LogP contribution is -2.32. The Morgan fingerprint density at radius 2 is 2.20 bits per heavy atom. The van der Waals surface area contributed by atoms with Crippen LogP contribution < -0.4 is 11.1 Å². The maximum Gasteiger partial charge on any atom is 0.294 e. The third-order valence-electron chi connectivity index (χ3n) is 2.93. The molecule has 0 heterocycles. The van der Waals surface area contributed by atoms with Gasteiger partial charge in [0.2, 0.25) is 0 Å². The van der Waals surface area contributed by atoms with Crippen molar-refractivity contribution in [3.8, 4) is 0 Å². The molecule has 1 aromatic carbocycles. The lowest BCUT2D eigenvalue weighted by atomic mass is 10.1. The van der Waals surface area contributed by atoms with E-state index >= 15 is 0 Å². The number of unbranched alkanes of at least 4 members (excludes halogenated alkanes) is 1. The van der Waals surface area contributed by atoms with Crippen LogP contribution in [0.2, 0.25) is 5.02 Å². The predicted octanol–water partition coefficient (Wildman–Crippen LogP) is 3.14. The standard InChI is InChI=1S/C13H18ClN3O3/c1-3-4-5-8(2)16-13(18)9-6-10(14)12(15)11(7-9)17(19)20/h6-8H,3-5,15H2,1-2H3,(H,16,18). The van der Waals surface area contributed by atoms with Gasteiger partial charge < -0.3 is 11.1 Å². The molecule has 0 fully saturated rings. The average Bonchev–Trinajstić information content (AvgIpc) is 2.38. The normalized spacial score (nSPS) is 11.9. The Hall–Kier alpha value is -1.82. The predicted molar refractivity (Wildman–Crippen MR) is 79.0 cm³/mol. The zero-order valence-electron chi connectivity index (χ0n) is 11.5. The summed E-state index contributed by atoms with van der Waals surface area (Å²) in [6.07, 6.45) is 2.90. The summed E-state index contributed by atoms with van der Waals surface area (Å²) in [5, 5.41) is 13.6. The smallest absolute Gasteiger partial charge is 0.294 e. The zero-order chi connectivity index (χ0) is 15.3. The molecule has 110 valence electrons. The first kappa shape index (κ1) is 16.2. The second-order valence-electron chi connectivity index (χ2n) is 4.66. The number of amides is 1. The summed E-state index contributed by atoms with van der Waals surface area (Å²) in [4.78, 5) is 22.2. The first-order chi connectivity index (χ1) is 9.36. The Balaban J connectivity index is 2.91. The molecule has 0 saturated heterocycles. The van der Waals surface area contributed by atoms with Gasteiger partial charge >= 0.3 is 0 Å². The molecule has 1 aromatic rings. The number of rotatable bonds is 6. The van der Waals surface area contributed by atoms with Gasteiger partial charge in [-0.25, -0.2) is 0 Å². The number of hydrogen-bond acceptors (Lipinski definition) is 4. The topological polar surface area (TPSA) is 98.3 Å². The molecule has 0 aliphatic rings. The van der Waals surface area contributed by atoms with Gasteiger partial charge in [0.15, 0.2) is 0 Å². The highest BCUT2D eigenvalue weighted by Crippen LogP contribution is 2.30. The summed E-state index contributed by atoms with van der Waals surface area (Å²) < 4.78 is 0. The minimum absolute atomic E-state index is 0.00200. The summed E-state index contributed by atoms with van der Waals surface area (Å²) in [5.74, 6) is -0.390. The fourth-order valence-corrected chi connectivity index (χ4v) is 1.99. The number of halogens is 1. The van der Waals surface area contributed by atoms with E-state index in [0.717, 1.165) is 25.3 Å². The Bertz CT molecular complexity index is 520. The molecule has 1 unspecified atom stereocenters. The Morgan fingerprint density at radius 3 is 2.75 bits per heavy atom. The van der Waals surface area contributed by atoms with Gasteiger partial charge in [-0.15, -0.1) is 0 Å². The van der Waals surface area contributed by atoms with Crippen molar-refractivity contribution in [3.63, 3.8) is 0 Å². The number of anilines is 1. The maximum absolute atomic E-state index is 12.0. The number of hydrogen-bond donors (Lipinski definition) is 2. The lowest BCUT2D eigenvalue weighted by molar-refractivity contribution is -0.383. The highest BCUT2D eigenvalue weighted by atomic mass is 35.5. The van der Waals surface area contributed by atoms with Crippen LogP contribution in [0.25, 0.3) is 0 Å². The Kier molecular flexibility index (Phi) is 5.76. The molecule has 7 heteroatoms. The molecule has 0 aromatic heterocycles. The largest absolute Gasteiger partial charge is 0.392 e. The first-order valence-corrected chi connectivity index (χ1v) is 6.78. The van der Waals surface area contributed by atoms with Gasteiger partial charge in [-0.05, 0) is 19.4 Å². The molecule has 0 saturated carbocycles. The number of nitrogens with one attached hydrogen (secondary N) is 1. The van der Waals surface area contributed by atoms with Crippen LogP contribution in [0.5, 0.6) is 0 Å². The highest BCUT2D eigenvalue weighted by molar-refractivity contribution is 6.34. The van der Waals surface area contributed by atoms with Crippen molar-refractivity contribution in [2.24, 2.45) is 0 Å². The molecule has 0 aliphatic carbocycles. The van der Waals surface area contributed by atoms with Crippen LogP contribution in [0.4, 0.5) is 11.4 Å². The van der Waals surface area contributed by atoms with E-state index in [-0.39, 0.29) is 28.0 Å². The van der Waals surface area contributed by atoms with Crippen molar-refractivity contribution in [2.45, 2.75) is 39.2 Å². The average molecular weight is 300 g/mol. The minimum atomic E-state index is -0.654. The Morgan fingerprint density at radius 1 is 1.55 bits per heavy atom. The molecule has 20 heavy (non-hydrogen) atoms. The molecular weight excluding hydrogens is 282 g/mol. The van der Waals surface area contributed by atoms with Crippen molar-refractivity contribution in [1.29, 1.82) is 0 Å². The number of nitrogens with zero attached hydrogens (tertiary/aromatic N) is 1.